The van der Waals surface area contributed by atoms with Crippen LogP contribution in [0.5, 0.6) is 0 Å². The lowest BCUT2D eigenvalue weighted by atomic mass is 9.83. The summed E-state index contributed by atoms with van der Waals surface area (Å²) < 4.78 is 12.3. The summed E-state index contributed by atoms with van der Waals surface area (Å²) in [5.41, 5.74) is 2.85. The topological polar surface area (TPSA) is 205 Å². The number of amides is 5. The molecule has 424 valence electrons. The van der Waals surface area contributed by atoms with E-state index in [2.05, 4.69) is 10.3 Å². The predicted octanol–water partition coefficient (Wildman–Crippen LogP) is 7.88. The number of unbranched alkanes of at least 4 members (excludes halogenated alkanes) is 2. The second-order valence-corrected chi connectivity index (χ2v) is 22.3. The zero-order chi connectivity index (χ0) is 56.5. The van der Waals surface area contributed by atoms with Gasteiger partial charge in [0.15, 0.2) is 5.78 Å². The number of hydrogen-bond acceptors (Lipinski definition) is 12. The lowest BCUT2D eigenvalue weighted by Crippen LogP contribution is -2.54. The van der Waals surface area contributed by atoms with Crippen LogP contribution in [-0.2, 0) is 65.6 Å². The van der Waals surface area contributed by atoms with Crippen molar-refractivity contribution in [1.82, 2.24) is 30.1 Å². The van der Waals surface area contributed by atoms with Crippen LogP contribution < -0.4 is 5.32 Å². The van der Waals surface area contributed by atoms with Crippen LogP contribution in [-0.4, -0.2) is 144 Å². The maximum atomic E-state index is 14.8. The van der Waals surface area contributed by atoms with Crippen LogP contribution in [0.3, 0.4) is 0 Å². The molecule has 5 amide bonds. The molecule has 2 aliphatic rings. The van der Waals surface area contributed by atoms with Gasteiger partial charge in [-0.25, -0.2) is 4.79 Å². The first kappa shape index (κ1) is 62.1. The summed E-state index contributed by atoms with van der Waals surface area (Å²) in [7, 11) is 6.78. The van der Waals surface area contributed by atoms with Gasteiger partial charge in [0.25, 0.3) is 11.8 Å². The lowest BCUT2D eigenvalue weighted by Gasteiger charge is -2.41. The van der Waals surface area contributed by atoms with E-state index in [1.807, 2.05) is 126 Å². The number of likely N-dealkylation sites (tertiary alicyclic amines) is 1. The Balaban J connectivity index is 1.22. The highest BCUT2D eigenvalue weighted by atomic mass is 16.7. The summed E-state index contributed by atoms with van der Waals surface area (Å²) >= 11 is 0. The molecule has 0 saturated carbocycles. The number of ether oxygens (including phenoxy) is 2. The van der Waals surface area contributed by atoms with Crippen LogP contribution in [0.2, 0.25) is 0 Å². The van der Waals surface area contributed by atoms with Gasteiger partial charge in [0.05, 0.1) is 36.8 Å². The number of carbonyl (C=O) groups is 8. The highest BCUT2D eigenvalue weighted by Gasteiger charge is 2.44. The number of para-hydroxylation sites is 1. The minimum absolute atomic E-state index is 0.0135. The fourth-order valence-electron chi connectivity index (χ4n) is 11.6. The molecule has 2 fully saturated rings. The van der Waals surface area contributed by atoms with Crippen molar-refractivity contribution >= 4 is 58.0 Å². The van der Waals surface area contributed by atoms with Crippen LogP contribution in [0.1, 0.15) is 137 Å². The Morgan fingerprint density at radius 1 is 0.805 bits per heavy atom. The lowest BCUT2D eigenvalue weighted by molar-refractivity contribution is -0.197. The maximum Gasteiger partial charge on any atom is 0.333 e. The molecule has 2 aromatic carbocycles. The zero-order valence-electron chi connectivity index (χ0n) is 47.7. The summed E-state index contributed by atoms with van der Waals surface area (Å²) in [5.74, 6) is -4.63. The number of nitrogens with zero attached hydrogens (tertiary/aromatic N) is 4. The van der Waals surface area contributed by atoms with E-state index in [0.29, 0.717) is 69.6 Å². The third-order valence-corrected chi connectivity index (χ3v) is 16.2. The Morgan fingerprint density at radius 2 is 1.48 bits per heavy atom. The summed E-state index contributed by atoms with van der Waals surface area (Å²) in [4.78, 5) is 122. The number of Topliss-reactive ketones (excluding diaryl/α,β-unsaturated/α-hetero) is 2. The Labute approximate surface area is 456 Å². The molecule has 2 saturated heterocycles. The van der Waals surface area contributed by atoms with E-state index < -0.39 is 65.9 Å². The smallest absolute Gasteiger partial charge is 0.333 e. The molecular weight excluding hydrogens is 981 g/mol. The number of imide groups is 1. The Hall–Kier alpha value is -5.78. The van der Waals surface area contributed by atoms with E-state index in [1.54, 1.807) is 26.2 Å². The molecule has 2 N–H and O–H groups in total. The van der Waals surface area contributed by atoms with E-state index in [9.17, 15) is 38.4 Å². The summed E-state index contributed by atoms with van der Waals surface area (Å²) in [5, 5.41) is 4.63. The van der Waals surface area contributed by atoms with E-state index in [-0.39, 0.29) is 85.6 Å². The quantitative estimate of drug-likeness (QED) is 0.0453. The molecule has 2 aliphatic heterocycles. The molecule has 17 heteroatoms. The molecule has 0 unspecified atom stereocenters. The number of nitrogens with one attached hydrogen (secondary N) is 2. The van der Waals surface area contributed by atoms with Crippen molar-refractivity contribution in [3.8, 4) is 0 Å². The van der Waals surface area contributed by atoms with Crippen molar-refractivity contribution in [1.29, 1.82) is 0 Å². The zero-order valence-corrected chi connectivity index (χ0v) is 47.7. The second kappa shape index (κ2) is 29.8. The molecule has 0 bridgehead atoms. The molecule has 9 atom stereocenters. The van der Waals surface area contributed by atoms with Crippen molar-refractivity contribution in [3.63, 3.8) is 0 Å². The molecule has 0 radical (unpaired) electrons. The number of likely N-dealkylation sites (N-methyl/N-ethyl adjacent to an activating group) is 2. The highest BCUT2D eigenvalue weighted by molar-refractivity contribution is 6.01. The molecule has 3 heterocycles. The summed E-state index contributed by atoms with van der Waals surface area (Å²) in [6, 6.07) is 16.2. The number of aromatic nitrogens is 1. The van der Waals surface area contributed by atoms with Crippen LogP contribution in [0, 0.1) is 35.5 Å². The number of benzene rings is 2. The van der Waals surface area contributed by atoms with Crippen LogP contribution in [0.25, 0.3) is 10.9 Å². The van der Waals surface area contributed by atoms with Crippen LogP contribution in [0.4, 0.5) is 0 Å². The van der Waals surface area contributed by atoms with Gasteiger partial charge in [0.2, 0.25) is 17.7 Å². The Bertz CT molecular complexity index is 2440. The molecular formula is C60H88N6O11. The van der Waals surface area contributed by atoms with Crippen molar-refractivity contribution in [3.05, 3.63) is 71.9 Å². The average Bonchev–Trinajstić information content (AvgIpc) is 4.15. The molecule has 1 aromatic heterocycles. The molecule has 3 aromatic rings. The van der Waals surface area contributed by atoms with Gasteiger partial charge >= 0.3 is 5.97 Å². The summed E-state index contributed by atoms with van der Waals surface area (Å²) in [6.45, 7) is 15.2. The number of H-pyrrole nitrogens is 1. The van der Waals surface area contributed by atoms with Crippen molar-refractivity contribution in [2.75, 3.05) is 41.4 Å². The standard InChI is InChI=1S/C60H88N6O11/c1-12-40(6)57(64(9)60(74)46(38(2)3)34-50(68)56(39(4)5)63(8)30-20-14-17-27-55(72)77-66-52(69)28-29-53(66)70)51(75-10)35-54(71)65-31-21-26-48(65)58(76-11)41(7)49(67)33-43(59(73)62-36-42-22-15-13-16-23-42)32-44-37-61-47-25-19-18-24-45(44)47/h13,15-16,18-19,22-25,37-41,43,46,48,51,56-58,61H,12,14,17,20-21,26-36H2,1-11H3,(H,62,73)/t40-,41-,43+,46-,48-,51+,56-,57-,58+/m0/s1. The van der Waals surface area contributed by atoms with E-state index in [1.165, 1.54) is 0 Å². The largest absolute Gasteiger partial charge is 0.379 e. The maximum absolute atomic E-state index is 14.8. The van der Waals surface area contributed by atoms with E-state index in [0.717, 1.165) is 22.0 Å². The Morgan fingerprint density at radius 3 is 2.12 bits per heavy atom. The predicted molar refractivity (Wildman–Crippen MR) is 294 cm³/mol. The number of hydroxylamine groups is 2. The van der Waals surface area contributed by atoms with E-state index in [4.69, 9.17) is 14.3 Å². The van der Waals surface area contributed by atoms with Gasteiger partial charge in [-0.05, 0) is 80.6 Å². The SMILES string of the molecule is CC[C@H](C)[C@@H]([C@@H](CC(=O)N1CCC[C@H]1[C@H](OC)[C@@H](C)C(=O)C[C@@H](Cc1c[nH]c2ccccc12)C(=O)NCc1ccccc1)OC)N(C)C(=O)[C@@H](CC(=O)[C@H](C(C)C)N(C)CCCCCC(=O)ON1C(=O)CCC1=O)C(C)C. The molecule has 17 nitrogen and oxygen atoms in total. The number of rotatable bonds is 32. The third-order valence-electron chi connectivity index (χ3n) is 16.2. The molecule has 0 spiro atoms. The minimum atomic E-state index is -0.683. The minimum Gasteiger partial charge on any atom is -0.379 e. The van der Waals surface area contributed by atoms with Gasteiger partial charge in [-0.1, -0.05) is 110 Å². The van der Waals surface area contributed by atoms with Gasteiger partial charge in [0.1, 0.15) is 5.78 Å². The number of ketones is 2. The first-order chi connectivity index (χ1) is 36.7. The summed E-state index contributed by atoms with van der Waals surface area (Å²) in [6.07, 6.45) is 4.95. The fraction of sp³-hybridized carbons (Fsp3) is 0.633. The monoisotopic (exact) mass is 1070 g/mol. The number of aromatic amines is 1. The van der Waals surface area contributed by atoms with Gasteiger partial charge in [-0.3, -0.25) is 38.5 Å². The van der Waals surface area contributed by atoms with Crippen molar-refractivity contribution < 1.29 is 52.7 Å². The first-order valence-corrected chi connectivity index (χ1v) is 28.0. The number of methoxy groups -OCH3 is 2. The van der Waals surface area contributed by atoms with Crippen LogP contribution in [0.15, 0.2) is 60.8 Å². The second-order valence-electron chi connectivity index (χ2n) is 22.3. The fourth-order valence-corrected chi connectivity index (χ4v) is 11.6. The normalized spacial score (nSPS) is 18.1. The van der Waals surface area contributed by atoms with Crippen molar-refractivity contribution in [2.24, 2.45) is 35.5 Å². The highest BCUT2D eigenvalue weighted by Crippen LogP contribution is 2.33. The number of fused-ring (bicyclic) bond motifs is 1. The number of hydrogen-bond donors (Lipinski definition) is 2. The van der Waals surface area contributed by atoms with E-state index >= 15 is 0 Å². The molecule has 0 aliphatic carbocycles. The van der Waals surface area contributed by atoms with Gasteiger partial charge < -0.3 is 34.4 Å². The Kier molecular flexibility index (Phi) is 24.0. The van der Waals surface area contributed by atoms with Crippen LogP contribution >= 0.6 is 0 Å². The number of carbonyl (C=O) groups excluding carboxylic acids is 8. The first-order valence-electron chi connectivity index (χ1n) is 28.0. The van der Waals surface area contributed by atoms with Gasteiger partial charge in [-0.15, -0.1) is 5.06 Å². The van der Waals surface area contributed by atoms with Gasteiger partial charge in [-0.2, -0.15) is 0 Å². The van der Waals surface area contributed by atoms with Crippen molar-refractivity contribution in [2.45, 2.75) is 169 Å². The molecule has 5 rings (SSSR count). The average molecular weight is 1070 g/mol. The molecule has 77 heavy (non-hydrogen) atoms. The third kappa shape index (κ3) is 16.6. The van der Waals surface area contributed by atoms with Gasteiger partial charge in [0, 0.05) is 101 Å².